The van der Waals surface area contributed by atoms with Crippen LogP contribution in [0, 0.1) is 0 Å². The van der Waals surface area contributed by atoms with Crippen molar-refractivity contribution in [3.63, 3.8) is 0 Å². The largest absolute Gasteiger partial charge is 0.508 e. The SMILES string of the molecule is CNCC(CCC1CCCc2cc(O)ccc21)c1ccccc1. The second kappa shape index (κ2) is 7.65. The maximum Gasteiger partial charge on any atom is 0.115 e. The van der Waals surface area contributed by atoms with Crippen LogP contribution in [0.15, 0.2) is 48.5 Å². The summed E-state index contributed by atoms with van der Waals surface area (Å²) in [7, 11) is 2.04. The lowest BCUT2D eigenvalue weighted by molar-refractivity contribution is 0.456. The Hall–Kier alpha value is -1.80. The fraction of sp³-hybridized carbons (Fsp3) is 0.429. The summed E-state index contributed by atoms with van der Waals surface area (Å²) < 4.78 is 0. The van der Waals surface area contributed by atoms with Crippen molar-refractivity contribution >= 4 is 0 Å². The first-order chi connectivity index (χ1) is 11.3. The van der Waals surface area contributed by atoms with Crippen LogP contribution in [0.2, 0.25) is 0 Å². The van der Waals surface area contributed by atoms with Gasteiger partial charge in [-0.25, -0.2) is 0 Å². The van der Waals surface area contributed by atoms with Crippen LogP contribution in [-0.2, 0) is 6.42 Å². The van der Waals surface area contributed by atoms with Crippen molar-refractivity contribution in [2.75, 3.05) is 13.6 Å². The summed E-state index contributed by atoms with van der Waals surface area (Å²) in [5, 5.41) is 13.1. The number of aromatic hydroxyl groups is 1. The number of nitrogens with one attached hydrogen (secondary N) is 1. The second-order valence-electron chi connectivity index (χ2n) is 6.71. The van der Waals surface area contributed by atoms with Gasteiger partial charge in [0.2, 0.25) is 0 Å². The standard InChI is InChI=1S/C21H27NO/c1-22-15-19(16-6-3-2-4-7-16)11-10-17-8-5-9-18-14-20(23)12-13-21(17)18/h2-4,6-7,12-14,17,19,22-23H,5,8-11,15H2,1H3. The van der Waals surface area contributed by atoms with Crippen LogP contribution in [0.1, 0.15) is 54.2 Å². The van der Waals surface area contributed by atoms with Crippen molar-refractivity contribution in [1.29, 1.82) is 0 Å². The molecule has 0 aromatic heterocycles. The van der Waals surface area contributed by atoms with Crippen LogP contribution in [0.5, 0.6) is 5.75 Å². The van der Waals surface area contributed by atoms with Gasteiger partial charge in [-0.3, -0.25) is 0 Å². The molecule has 2 N–H and O–H groups in total. The van der Waals surface area contributed by atoms with E-state index in [0.717, 1.165) is 13.0 Å². The molecule has 2 heteroatoms. The summed E-state index contributed by atoms with van der Waals surface area (Å²) in [6, 6.07) is 16.8. The molecule has 0 spiro atoms. The Morgan fingerprint density at radius 1 is 1.17 bits per heavy atom. The first kappa shape index (κ1) is 16.1. The highest BCUT2D eigenvalue weighted by atomic mass is 16.3. The Kier molecular flexibility index (Phi) is 5.35. The van der Waals surface area contributed by atoms with Crippen LogP contribution in [-0.4, -0.2) is 18.7 Å². The fourth-order valence-corrected chi connectivity index (χ4v) is 3.96. The minimum Gasteiger partial charge on any atom is -0.508 e. The molecule has 2 unspecified atom stereocenters. The van der Waals surface area contributed by atoms with Gasteiger partial charge in [0.15, 0.2) is 0 Å². The number of aryl methyl sites for hydroxylation is 1. The van der Waals surface area contributed by atoms with Gasteiger partial charge in [0, 0.05) is 6.54 Å². The molecule has 3 rings (SSSR count). The van der Waals surface area contributed by atoms with Crippen molar-refractivity contribution in [3.8, 4) is 5.75 Å². The quantitative estimate of drug-likeness (QED) is 0.817. The van der Waals surface area contributed by atoms with Gasteiger partial charge in [-0.05, 0) is 79.8 Å². The highest BCUT2D eigenvalue weighted by molar-refractivity contribution is 5.38. The molecule has 0 radical (unpaired) electrons. The topological polar surface area (TPSA) is 32.3 Å². The summed E-state index contributed by atoms with van der Waals surface area (Å²) in [5.41, 5.74) is 4.25. The summed E-state index contributed by atoms with van der Waals surface area (Å²) in [6.45, 7) is 1.03. The third-order valence-corrected chi connectivity index (χ3v) is 5.15. The molecule has 0 fully saturated rings. The Labute approximate surface area is 139 Å². The van der Waals surface area contributed by atoms with E-state index in [1.807, 2.05) is 19.2 Å². The molecule has 2 aromatic carbocycles. The Balaban J connectivity index is 1.70. The van der Waals surface area contributed by atoms with Crippen molar-refractivity contribution in [1.82, 2.24) is 5.32 Å². The van der Waals surface area contributed by atoms with Crippen molar-refractivity contribution < 1.29 is 5.11 Å². The number of rotatable bonds is 6. The normalized spacial score (nSPS) is 18.4. The van der Waals surface area contributed by atoms with Crippen molar-refractivity contribution in [3.05, 3.63) is 65.2 Å². The van der Waals surface area contributed by atoms with E-state index in [-0.39, 0.29) is 0 Å². The van der Waals surface area contributed by atoms with Gasteiger partial charge in [-0.2, -0.15) is 0 Å². The van der Waals surface area contributed by atoms with E-state index in [0.29, 0.717) is 17.6 Å². The molecule has 122 valence electrons. The monoisotopic (exact) mass is 309 g/mol. The molecule has 0 heterocycles. The number of phenols is 1. The summed E-state index contributed by atoms with van der Waals surface area (Å²) in [6.07, 6.45) is 6.05. The van der Waals surface area contributed by atoms with E-state index >= 15 is 0 Å². The molecule has 2 aromatic rings. The van der Waals surface area contributed by atoms with Gasteiger partial charge in [0.25, 0.3) is 0 Å². The number of fused-ring (bicyclic) bond motifs is 1. The average molecular weight is 309 g/mol. The minimum atomic E-state index is 0.404. The fourth-order valence-electron chi connectivity index (χ4n) is 3.96. The molecule has 0 saturated heterocycles. The van der Waals surface area contributed by atoms with Gasteiger partial charge >= 0.3 is 0 Å². The molecule has 1 aliphatic rings. The molecule has 0 bridgehead atoms. The summed E-state index contributed by atoms with van der Waals surface area (Å²) in [5.74, 6) is 1.62. The first-order valence-electron chi connectivity index (χ1n) is 8.79. The Morgan fingerprint density at radius 2 is 2.00 bits per heavy atom. The molecule has 1 aliphatic carbocycles. The van der Waals surface area contributed by atoms with E-state index in [9.17, 15) is 5.11 Å². The van der Waals surface area contributed by atoms with Crippen LogP contribution in [0.25, 0.3) is 0 Å². The van der Waals surface area contributed by atoms with Gasteiger partial charge in [-0.1, -0.05) is 36.4 Å². The van der Waals surface area contributed by atoms with Gasteiger partial charge < -0.3 is 10.4 Å². The Morgan fingerprint density at radius 3 is 2.78 bits per heavy atom. The highest BCUT2D eigenvalue weighted by Gasteiger charge is 2.22. The lowest BCUT2D eigenvalue weighted by atomic mass is 9.78. The zero-order valence-electron chi connectivity index (χ0n) is 14.0. The van der Waals surface area contributed by atoms with Crippen LogP contribution < -0.4 is 5.32 Å². The van der Waals surface area contributed by atoms with E-state index in [1.54, 1.807) is 0 Å². The predicted molar refractivity (Wildman–Crippen MR) is 96.1 cm³/mol. The Bertz CT molecular complexity index is 623. The van der Waals surface area contributed by atoms with E-state index < -0.39 is 0 Å². The number of benzene rings is 2. The minimum absolute atomic E-state index is 0.404. The lowest BCUT2D eigenvalue weighted by Crippen LogP contribution is -2.19. The summed E-state index contributed by atoms with van der Waals surface area (Å²) >= 11 is 0. The van der Waals surface area contributed by atoms with Gasteiger partial charge in [0.05, 0.1) is 0 Å². The van der Waals surface area contributed by atoms with Gasteiger partial charge in [0.1, 0.15) is 5.75 Å². The van der Waals surface area contributed by atoms with E-state index in [1.165, 1.54) is 42.4 Å². The summed E-state index contributed by atoms with van der Waals surface area (Å²) in [4.78, 5) is 0. The maximum atomic E-state index is 9.70. The molecule has 0 saturated carbocycles. The smallest absolute Gasteiger partial charge is 0.115 e. The van der Waals surface area contributed by atoms with Gasteiger partial charge in [-0.15, -0.1) is 0 Å². The number of hydrogen-bond acceptors (Lipinski definition) is 2. The zero-order chi connectivity index (χ0) is 16.1. The maximum absolute atomic E-state index is 9.70. The molecular formula is C21H27NO. The van der Waals surface area contributed by atoms with E-state index in [4.69, 9.17) is 0 Å². The third-order valence-electron chi connectivity index (χ3n) is 5.15. The zero-order valence-corrected chi connectivity index (χ0v) is 14.0. The second-order valence-corrected chi connectivity index (χ2v) is 6.71. The third kappa shape index (κ3) is 3.94. The van der Waals surface area contributed by atoms with Crippen molar-refractivity contribution in [2.45, 2.75) is 43.9 Å². The number of likely N-dealkylation sites (N-methyl/N-ethyl adjacent to an activating group) is 1. The molecule has 0 aliphatic heterocycles. The molecule has 23 heavy (non-hydrogen) atoms. The first-order valence-corrected chi connectivity index (χ1v) is 8.79. The number of hydrogen-bond donors (Lipinski definition) is 2. The molecular weight excluding hydrogens is 282 g/mol. The molecule has 0 amide bonds. The van der Waals surface area contributed by atoms with E-state index in [2.05, 4.69) is 41.7 Å². The molecule has 2 nitrogen and oxygen atoms in total. The van der Waals surface area contributed by atoms with Crippen LogP contribution in [0.3, 0.4) is 0 Å². The van der Waals surface area contributed by atoms with Crippen LogP contribution in [0.4, 0.5) is 0 Å². The number of phenolic OH excluding ortho intramolecular Hbond substituents is 1. The van der Waals surface area contributed by atoms with Crippen molar-refractivity contribution in [2.24, 2.45) is 0 Å². The molecule has 2 atom stereocenters. The average Bonchev–Trinajstić information content (AvgIpc) is 2.59. The lowest BCUT2D eigenvalue weighted by Gasteiger charge is -2.27. The predicted octanol–water partition coefficient (Wildman–Crippen LogP) is 4.60. The highest BCUT2D eigenvalue weighted by Crippen LogP contribution is 2.38. The van der Waals surface area contributed by atoms with Crippen LogP contribution >= 0.6 is 0 Å².